The maximum Gasteiger partial charge on any atom is 0.363 e. The Labute approximate surface area is 176 Å². The van der Waals surface area contributed by atoms with Crippen molar-refractivity contribution in [1.82, 2.24) is 4.57 Å². The highest BCUT2D eigenvalue weighted by atomic mass is 16.5. The minimum atomic E-state index is -0.499. The zero-order valence-corrected chi connectivity index (χ0v) is 17.8. The summed E-state index contributed by atoms with van der Waals surface area (Å²) >= 11 is 0. The number of methoxy groups -OCH3 is 1. The molecular weight excluding hydrogens is 384 g/mol. The topological polar surface area (TPSA) is 66.8 Å². The maximum atomic E-state index is 12.3. The predicted molar refractivity (Wildman–Crippen MR) is 113 cm³/mol. The molecule has 0 aliphatic rings. The van der Waals surface area contributed by atoms with E-state index in [1.807, 2.05) is 69.7 Å². The quantitative estimate of drug-likeness (QED) is 0.421. The number of carbonyl (C=O) groups is 2. The minimum Gasteiger partial charge on any atom is -0.489 e. The van der Waals surface area contributed by atoms with Gasteiger partial charge in [0, 0.05) is 5.39 Å². The van der Waals surface area contributed by atoms with E-state index in [9.17, 15) is 9.59 Å². The fourth-order valence-corrected chi connectivity index (χ4v) is 3.06. The van der Waals surface area contributed by atoms with Gasteiger partial charge in [0.05, 0.1) is 33.8 Å². The van der Waals surface area contributed by atoms with Crippen molar-refractivity contribution in [3.63, 3.8) is 0 Å². The van der Waals surface area contributed by atoms with Gasteiger partial charge in [-0.15, -0.1) is 0 Å². The van der Waals surface area contributed by atoms with Gasteiger partial charge < -0.3 is 23.3 Å². The van der Waals surface area contributed by atoms with Crippen molar-refractivity contribution in [2.45, 2.75) is 13.3 Å². The molecule has 0 saturated carbocycles. The van der Waals surface area contributed by atoms with Gasteiger partial charge in [-0.1, -0.05) is 30.3 Å². The van der Waals surface area contributed by atoms with Crippen molar-refractivity contribution < 1.29 is 28.3 Å². The molecule has 1 aromatic heterocycles. The van der Waals surface area contributed by atoms with Crippen LogP contribution in [-0.2, 0) is 27.6 Å². The predicted octanol–water partition coefficient (Wildman–Crippen LogP) is 3.21. The number of nitrogens with zero attached hydrogens (tertiary/aromatic N) is 2. The summed E-state index contributed by atoms with van der Waals surface area (Å²) in [5, 5.41) is 0.795. The summed E-state index contributed by atoms with van der Waals surface area (Å²) in [5.41, 5.74) is 2.13. The number of hydrogen-bond acceptors (Lipinski definition) is 5. The van der Waals surface area contributed by atoms with Gasteiger partial charge in [0.15, 0.2) is 13.3 Å². The number of esters is 2. The van der Waals surface area contributed by atoms with Crippen LogP contribution in [0.4, 0.5) is 0 Å². The molecule has 30 heavy (non-hydrogen) atoms. The average molecular weight is 411 g/mol. The smallest absolute Gasteiger partial charge is 0.363 e. The number of carbonyl (C=O) groups excluding carboxylic acids is 2. The van der Waals surface area contributed by atoms with Gasteiger partial charge in [-0.25, -0.2) is 9.59 Å². The number of aromatic nitrogens is 1. The Hall–Kier alpha value is -3.32. The average Bonchev–Trinajstić information content (AvgIpc) is 3.07. The van der Waals surface area contributed by atoms with Crippen molar-refractivity contribution in [2.24, 2.45) is 0 Å². The van der Waals surface area contributed by atoms with Gasteiger partial charge in [-0.3, -0.25) is 0 Å². The number of hydrogen-bond donors (Lipinski definition) is 0. The number of benzene rings is 2. The van der Waals surface area contributed by atoms with E-state index in [0.29, 0.717) is 22.5 Å². The zero-order chi connectivity index (χ0) is 21.7. The molecule has 0 atom stereocenters. The second-order valence-corrected chi connectivity index (χ2v) is 8.04. The number of fused-ring (bicyclic) bond motifs is 1. The van der Waals surface area contributed by atoms with E-state index in [1.165, 1.54) is 7.11 Å². The van der Waals surface area contributed by atoms with Crippen LogP contribution in [0.3, 0.4) is 0 Å². The van der Waals surface area contributed by atoms with Crippen LogP contribution in [0.1, 0.15) is 16.1 Å². The normalized spacial score (nSPS) is 11.3. The Bertz CT molecular complexity index is 1030. The lowest BCUT2D eigenvalue weighted by Gasteiger charge is -2.22. The molecule has 0 amide bonds. The summed E-state index contributed by atoms with van der Waals surface area (Å²) < 4.78 is 18.3. The molecule has 3 aromatic rings. The van der Waals surface area contributed by atoms with Gasteiger partial charge >= 0.3 is 11.9 Å². The van der Waals surface area contributed by atoms with Crippen LogP contribution in [0.15, 0.2) is 54.6 Å². The Morgan fingerprint density at radius 3 is 2.40 bits per heavy atom. The van der Waals surface area contributed by atoms with Crippen LogP contribution >= 0.6 is 0 Å². The van der Waals surface area contributed by atoms with Crippen LogP contribution in [0, 0.1) is 0 Å². The Morgan fingerprint density at radius 2 is 1.73 bits per heavy atom. The highest BCUT2D eigenvalue weighted by Gasteiger charge is 2.20. The summed E-state index contributed by atoms with van der Waals surface area (Å²) in [6.45, 7) is 0.598. The van der Waals surface area contributed by atoms with E-state index in [2.05, 4.69) is 0 Å². The molecule has 0 spiro atoms. The molecule has 0 bridgehead atoms. The number of likely N-dealkylation sites (N-methyl/N-ethyl adjacent to an activating group) is 1. The minimum absolute atomic E-state index is 0.0724. The number of quaternary nitrogens is 1. The largest absolute Gasteiger partial charge is 0.489 e. The molecule has 0 radical (unpaired) electrons. The first kappa shape index (κ1) is 21.4. The SMILES string of the molecule is COC(=O)c1cc2cc(OCc3ccccc3)ccc2n1COC(=O)C[N+](C)(C)C. The summed E-state index contributed by atoms with van der Waals surface area (Å²) in [6.07, 6.45) is 0. The molecule has 1 heterocycles. The molecule has 0 aliphatic heterocycles. The first-order chi connectivity index (χ1) is 14.3. The number of ether oxygens (including phenoxy) is 3. The fourth-order valence-electron chi connectivity index (χ4n) is 3.06. The second kappa shape index (κ2) is 9.00. The summed E-state index contributed by atoms with van der Waals surface area (Å²) in [6, 6.07) is 17.1. The molecular formula is C23H27N2O5+. The van der Waals surface area contributed by atoms with Crippen molar-refractivity contribution in [1.29, 1.82) is 0 Å². The standard InChI is InChI=1S/C23H27N2O5/c1-25(2,3)14-22(26)30-16-24-20-11-10-19(29-15-17-8-6-5-7-9-17)12-18(20)13-21(24)23(27)28-4/h5-13H,14-16H2,1-4H3/q+1. The summed E-state index contributed by atoms with van der Waals surface area (Å²) in [5.74, 6) is -0.162. The Morgan fingerprint density at radius 1 is 1.00 bits per heavy atom. The van der Waals surface area contributed by atoms with Crippen LogP contribution in [0.25, 0.3) is 10.9 Å². The lowest BCUT2D eigenvalue weighted by atomic mass is 10.2. The monoisotopic (exact) mass is 411 g/mol. The van der Waals surface area contributed by atoms with E-state index < -0.39 is 5.97 Å². The molecule has 7 nitrogen and oxygen atoms in total. The summed E-state index contributed by atoms with van der Waals surface area (Å²) in [7, 11) is 7.04. The molecule has 0 aliphatic carbocycles. The van der Waals surface area contributed by atoms with Crippen molar-refractivity contribution in [2.75, 3.05) is 34.8 Å². The van der Waals surface area contributed by atoms with Crippen molar-refractivity contribution >= 4 is 22.8 Å². The zero-order valence-electron chi connectivity index (χ0n) is 17.8. The van der Waals surface area contributed by atoms with Gasteiger partial charge in [0.25, 0.3) is 0 Å². The van der Waals surface area contributed by atoms with Crippen molar-refractivity contribution in [3.8, 4) is 5.75 Å². The molecule has 3 rings (SSSR count). The van der Waals surface area contributed by atoms with E-state index >= 15 is 0 Å². The van der Waals surface area contributed by atoms with E-state index in [-0.39, 0.29) is 19.2 Å². The third kappa shape index (κ3) is 5.39. The van der Waals surface area contributed by atoms with Crippen LogP contribution in [0.5, 0.6) is 5.75 Å². The van der Waals surface area contributed by atoms with E-state index in [4.69, 9.17) is 14.2 Å². The van der Waals surface area contributed by atoms with Crippen LogP contribution in [-0.4, -0.2) is 55.8 Å². The summed E-state index contributed by atoms with van der Waals surface area (Å²) in [4.78, 5) is 24.4. The van der Waals surface area contributed by atoms with Crippen LogP contribution < -0.4 is 4.74 Å². The third-order valence-corrected chi connectivity index (χ3v) is 4.47. The highest BCUT2D eigenvalue weighted by molar-refractivity contribution is 5.96. The first-order valence-electron chi connectivity index (χ1n) is 9.61. The lowest BCUT2D eigenvalue weighted by molar-refractivity contribution is -0.862. The molecule has 0 unspecified atom stereocenters. The van der Waals surface area contributed by atoms with Gasteiger partial charge in [-0.05, 0) is 29.8 Å². The van der Waals surface area contributed by atoms with Gasteiger partial charge in [0.2, 0.25) is 0 Å². The van der Waals surface area contributed by atoms with Gasteiger partial charge in [0.1, 0.15) is 18.1 Å². The van der Waals surface area contributed by atoms with E-state index in [0.717, 1.165) is 16.5 Å². The Kier molecular flexibility index (Phi) is 6.42. The number of rotatable bonds is 8. The molecule has 7 heteroatoms. The van der Waals surface area contributed by atoms with Crippen molar-refractivity contribution in [3.05, 3.63) is 65.9 Å². The van der Waals surface area contributed by atoms with Gasteiger partial charge in [-0.2, -0.15) is 0 Å². The third-order valence-electron chi connectivity index (χ3n) is 4.47. The fraction of sp³-hybridized carbons (Fsp3) is 0.304. The van der Waals surface area contributed by atoms with E-state index in [1.54, 1.807) is 10.6 Å². The van der Waals surface area contributed by atoms with Crippen LogP contribution in [0.2, 0.25) is 0 Å². The molecule has 158 valence electrons. The maximum absolute atomic E-state index is 12.3. The molecule has 0 saturated heterocycles. The Balaban J connectivity index is 1.82. The molecule has 0 fully saturated rings. The lowest BCUT2D eigenvalue weighted by Crippen LogP contribution is -2.40. The molecule has 2 aromatic carbocycles. The second-order valence-electron chi connectivity index (χ2n) is 8.04. The first-order valence-corrected chi connectivity index (χ1v) is 9.61. The highest BCUT2D eigenvalue weighted by Crippen LogP contribution is 2.26. The molecule has 0 N–H and O–H groups in total.